The van der Waals surface area contributed by atoms with Crippen LogP contribution in [0.2, 0.25) is 0 Å². The van der Waals surface area contributed by atoms with Gasteiger partial charge >= 0.3 is 0 Å². The highest BCUT2D eigenvalue weighted by atomic mass is 15.2. The van der Waals surface area contributed by atoms with Gasteiger partial charge in [-0.2, -0.15) is 9.97 Å². The van der Waals surface area contributed by atoms with E-state index in [1.54, 1.807) is 0 Å². The summed E-state index contributed by atoms with van der Waals surface area (Å²) >= 11 is 0. The fraction of sp³-hybridized carbons (Fsp3) is 0.0577. The highest BCUT2D eigenvalue weighted by molar-refractivity contribution is 6.25. The van der Waals surface area contributed by atoms with Gasteiger partial charge in [-0.05, 0) is 45.8 Å². The van der Waals surface area contributed by atoms with E-state index in [0.29, 0.717) is 17.6 Å². The van der Waals surface area contributed by atoms with Gasteiger partial charge in [0.15, 0.2) is 11.6 Å². The molecule has 0 N–H and O–H groups in total. The van der Waals surface area contributed by atoms with Crippen molar-refractivity contribution >= 4 is 54.4 Å². The highest BCUT2D eigenvalue weighted by Crippen LogP contribution is 2.54. The Morgan fingerprint density at radius 1 is 0.421 bits per heavy atom. The van der Waals surface area contributed by atoms with Crippen LogP contribution >= 0.6 is 0 Å². The van der Waals surface area contributed by atoms with Gasteiger partial charge in [-0.1, -0.05) is 172 Å². The van der Waals surface area contributed by atoms with E-state index < -0.39 is 0 Å². The van der Waals surface area contributed by atoms with Crippen LogP contribution in [0.5, 0.6) is 0 Å². The van der Waals surface area contributed by atoms with Crippen molar-refractivity contribution in [2.24, 2.45) is 0 Å². The molecule has 0 fully saturated rings. The van der Waals surface area contributed by atoms with Crippen LogP contribution in [-0.2, 0) is 5.41 Å². The fourth-order valence-corrected chi connectivity index (χ4v) is 9.67. The molecule has 1 aliphatic carbocycles. The third-order valence-corrected chi connectivity index (χ3v) is 12.1. The van der Waals surface area contributed by atoms with Gasteiger partial charge in [0.2, 0.25) is 5.95 Å². The van der Waals surface area contributed by atoms with Crippen LogP contribution in [0.4, 0.5) is 0 Å². The number of aromatic nitrogens is 5. The van der Waals surface area contributed by atoms with E-state index >= 15 is 0 Å². The fourth-order valence-electron chi connectivity index (χ4n) is 9.67. The second kappa shape index (κ2) is 11.8. The van der Waals surface area contributed by atoms with Crippen LogP contribution in [0.3, 0.4) is 0 Å². The Morgan fingerprint density at radius 2 is 0.965 bits per heavy atom. The molecule has 3 heterocycles. The molecular formula is C52H35N5. The first-order valence-corrected chi connectivity index (χ1v) is 19.6. The zero-order chi connectivity index (χ0) is 37.8. The average molecular weight is 730 g/mol. The van der Waals surface area contributed by atoms with Crippen LogP contribution in [0, 0.1) is 0 Å². The first kappa shape index (κ1) is 31.9. The van der Waals surface area contributed by atoms with Crippen LogP contribution in [0.25, 0.3) is 99.9 Å². The largest absolute Gasteiger partial charge is 0.309 e. The van der Waals surface area contributed by atoms with E-state index in [1.807, 2.05) is 36.4 Å². The van der Waals surface area contributed by atoms with Crippen molar-refractivity contribution in [2.75, 3.05) is 0 Å². The van der Waals surface area contributed by atoms with E-state index in [-0.39, 0.29) is 5.41 Å². The number of hydrogen-bond donors (Lipinski definition) is 0. The minimum absolute atomic E-state index is 0.291. The Hall–Kier alpha value is -7.37. The topological polar surface area (TPSA) is 48.5 Å². The number of benzene rings is 8. The van der Waals surface area contributed by atoms with E-state index in [0.717, 1.165) is 27.8 Å². The molecule has 3 aromatic heterocycles. The number of hydrogen-bond acceptors (Lipinski definition) is 3. The number of nitrogens with zero attached hydrogens (tertiary/aromatic N) is 5. The predicted molar refractivity (Wildman–Crippen MR) is 234 cm³/mol. The molecule has 8 aromatic carbocycles. The van der Waals surface area contributed by atoms with Gasteiger partial charge in [-0.3, -0.25) is 4.57 Å². The highest BCUT2D eigenvalue weighted by Gasteiger charge is 2.39. The summed E-state index contributed by atoms with van der Waals surface area (Å²) in [6, 6.07) is 62.8. The summed E-state index contributed by atoms with van der Waals surface area (Å²) < 4.78 is 4.79. The summed E-state index contributed by atoms with van der Waals surface area (Å²) in [7, 11) is 0. The molecule has 0 atom stereocenters. The molecule has 12 rings (SSSR count). The second-order valence-electron chi connectivity index (χ2n) is 15.6. The minimum Gasteiger partial charge on any atom is -0.309 e. The Kier molecular flexibility index (Phi) is 6.62. The lowest BCUT2D eigenvalue weighted by Crippen LogP contribution is -2.17. The van der Waals surface area contributed by atoms with E-state index in [1.165, 1.54) is 65.6 Å². The van der Waals surface area contributed by atoms with Crippen LogP contribution < -0.4 is 0 Å². The molecule has 0 spiro atoms. The predicted octanol–water partition coefficient (Wildman–Crippen LogP) is 12.9. The first-order chi connectivity index (χ1) is 28.1. The van der Waals surface area contributed by atoms with Crippen molar-refractivity contribution in [1.82, 2.24) is 24.1 Å². The quantitative estimate of drug-likeness (QED) is 0.181. The van der Waals surface area contributed by atoms with Gasteiger partial charge in [-0.15, -0.1) is 0 Å². The smallest absolute Gasteiger partial charge is 0.238 e. The summed E-state index contributed by atoms with van der Waals surface area (Å²) in [5, 5.41) is 7.19. The Balaban J connectivity index is 1.30. The zero-order valence-electron chi connectivity index (χ0n) is 31.5. The van der Waals surface area contributed by atoms with Gasteiger partial charge < -0.3 is 4.57 Å². The molecule has 0 radical (unpaired) electrons. The number of fused-ring (bicyclic) bond motifs is 12. The van der Waals surface area contributed by atoms with Crippen molar-refractivity contribution in [3.05, 3.63) is 187 Å². The SMILES string of the molecule is CC1(C)c2ccccc2-c2ccc3c4c5ccccc5c(-n5c6ccccc6c6ccccc65)cc4n(-c4nc(-c5ccccc5)nc(-c5ccccc5)n4)c3c21. The molecule has 57 heavy (non-hydrogen) atoms. The summed E-state index contributed by atoms with van der Waals surface area (Å²) in [6.07, 6.45) is 0. The molecule has 268 valence electrons. The van der Waals surface area contributed by atoms with Crippen molar-refractivity contribution in [1.29, 1.82) is 0 Å². The zero-order valence-corrected chi connectivity index (χ0v) is 31.5. The van der Waals surface area contributed by atoms with Gasteiger partial charge in [0.05, 0.1) is 27.8 Å². The van der Waals surface area contributed by atoms with Crippen molar-refractivity contribution in [2.45, 2.75) is 19.3 Å². The number of rotatable bonds is 4. The normalized spacial score (nSPS) is 13.2. The van der Waals surface area contributed by atoms with Crippen LogP contribution in [0.15, 0.2) is 176 Å². The standard InChI is InChI=1S/C52H35N5/c1-52(2)41-26-14-11-21-34(41)39-29-30-40-46-38-25-10-9-24-37(38)44(56-42-27-15-12-22-35(42)36-23-13-16-28-43(36)56)31-45(46)57(48(40)47(39)52)51-54-49(32-17-5-3-6-18-32)53-50(55-51)33-19-7-4-8-20-33/h3-31H,1-2H3. The molecule has 0 amide bonds. The summed E-state index contributed by atoms with van der Waals surface area (Å²) in [5.74, 6) is 1.85. The van der Waals surface area contributed by atoms with Gasteiger partial charge in [0.1, 0.15) is 0 Å². The summed E-state index contributed by atoms with van der Waals surface area (Å²) in [6.45, 7) is 4.72. The lowest BCUT2D eigenvalue weighted by molar-refractivity contribution is 0.663. The molecular weight excluding hydrogens is 695 g/mol. The van der Waals surface area contributed by atoms with Crippen LogP contribution in [-0.4, -0.2) is 24.1 Å². The van der Waals surface area contributed by atoms with Crippen molar-refractivity contribution in [3.8, 4) is 45.5 Å². The monoisotopic (exact) mass is 729 g/mol. The lowest BCUT2D eigenvalue weighted by atomic mass is 9.81. The maximum absolute atomic E-state index is 5.40. The summed E-state index contributed by atoms with van der Waals surface area (Å²) in [5.41, 5.74) is 12.3. The number of para-hydroxylation sites is 2. The third kappa shape index (κ3) is 4.48. The van der Waals surface area contributed by atoms with Gasteiger partial charge in [-0.25, -0.2) is 4.98 Å². The molecule has 5 nitrogen and oxygen atoms in total. The maximum Gasteiger partial charge on any atom is 0.238 e. The molecule has 0 saturated heterocycles. The van der Waals surface area contributed by atoms with Crippen molar-refractivity contribution < 1.29 is 0 Å². The van der Waals surface area contributed by atoms with Gasteiger partial charge in [0.25, 0.3) is 0 Å². The molecule has 0 bridgehead atoms. The minimum atomic E-state index is -0.291. The maximum atomic E-state index is 5.40. The van der Waals surface area contributed by atoms with E-state index in [2.05, 4.69) is 163 Å². The van der Waals surface area contributed by atoms with Crippen molar-refractivity contribution in [3.63, 3.8) is 0 Å². The molecule has 0 aliphatic heterocycles. The molecule has 11 aromatic rings. The summed E-state index contributed by atoms with van der Waals surface area (Å²) in [4.78, 5) is 15.9. The molecule has 5 heteroatoms. The Labute approximate surface area is 329 Å². The Bertz CT molecular complexity index is 3320. The molecule has 0 unspecified atom stereocenters. The van der Waals surface area contributed by atoms with Crippen LogP contribution in [0.1, 0.15) is 25.0 Å². The van der Waals surface area contributed by atoms with Gasteiger partial charge in [0, 0.05) is 43.5 Å². The first-order valence-electron chi connectivity index (χ1n) is 19.6. The second-order valence-corrected chi connectivity index (χ2v) is 15.6. The average Bonchev–Trinajstić information content (AvgIpc) is 3.87. The third-order valence-electron chi connectivity index (χ3n) is 12.1. The van der Waals surface area contributed by atoms with E-state index in [9.17, 15) is 0 Å². The van der Waals surface area contributed by atoms with E-state index in [4.69, 9.17) is 15.0 Å². The molecule has 0 saturated carbocycles. The molecule has 1 aliphatic rings. The lowest BCUT2D eigenvalue weighted by Gasteiger charge is -2.23. The Morgan fingerprint density at radius 3 is 1.61 bits per heavy atom.